The summed E-state index contributed by atoms with van der Waals surface area (Å²) in [6.45, 7) is 2.50. The highest BCUT2D eigenvalue weighted by atomic mass is 79.9. The third-order valence-electron chi connectivity index (χ3n) is 2.03. The molecule has 0 fully saturated rings. The van der Waals surface area contributed by atoms with E-state index in [1.54, 1.807) is 11.9 Å². The molecule has 0 aromatic heterocycles. The van der Waals surface area contributed by atoms with Crippen LogP contribution in [0.25, 0.3) is 0 Å². The van der Waals surface area contributed by atoms with Crippen LogP contribution in [-0.4, -0.2) is 29.2 Å². The Labute approximate surface area is 108 Å². The van der Waals surface area contributed by atoms with E-state index in [1.807, 2.05) is 6.92 Å². The van der Waals surface area contributed by atoms with Crippen LogP contribution < -0.4 is 0 Å². The summed E-state index contributed by atoms with van der Waals surface area (Å²) in [4.78, 5) is 13.6. The van der Waals surface area contributed by atoms with Crippen molar-refractivity contribution in [3.8, 4) is 0 Å². The fourth-order valence-corrected chi connectivity index (χ4v) is 2.01. The molecule has 2 nitrogen and oxygen atoms in total. The van der Waals surface area contributed by atoms with E-state index in [1.165, 1.54) is 12.1 Å². The molecule has 1 atom stereocenters. The number of benzene rings is 1. The van der Waals surface area contributed by atoms with Crippen LogP contribution in [-0.2, 0) is 0 Å². The fourth-order valence-electron chi connectivity index (χ4n) is 1.33. The molecule has 5 heteroatoms. The van der Waals surface area contributed by atoms with Gasteiger partial charge in [-0.25, -0.2) is 4.39 Å². The zero-order valence-electron chi connectivity index (χ0n) is 9.01. The van der Waals surface area contributed by atoms with Crippen molar-refractivity contribution >= 4 is 33.4 Å². The molecule has 0 heterocycles. The lowest BCUT2D eigenvalue weighted by Gasteiger charge is -2.19. The van der Waals surface area contributed by atoms with Gasteiger partial charge < -0.3 is 4.90 Å². The lowest BCUT2D eigenvalue weighted by molar-refractivity contribution is 0.0797. The maximum absolute atomic E-state index is 12.8. The molecule has 0 bridgehead atoms. The molecular formula is C11H12BrClFNO. The Hall–Kier alpha value is -0.610. The SMILES string of the molecule is CC(Br)CN(C)C(=O)c1ccc(F)cc1Cl. The van der Waals surface area contributed by atoms with Crippen LogP contribution in [0.5, 0.6) is 0 Å². The van der Waals surface area contributed by atoms with E-state index in [4.69, 9.17) is 11.6 Å². The molecule has 1 amide bonds. The summed E-state index contributed by atoms with van der Waals surface area (Å²) in [6, 6.07) is 3.76. The van der Waals surface area contributed by atoms with Gasteiger partial charge in [0.25, 0.3) is 5.91 Å². The van der Waals surface area contributed by atoms with Crippen LogP contribution in [0.1, 0.15) is 17.3 Å². The monoisotopic (exact) mass is 307 g/mol. The number of nitrogens with zero attached hydrogens (tertiary/aromatic N) is 1. The van der Waals surface area contributed by atoms with Gasteiger partial charge in [-0.1, -0.05) is 34.5 Å². The summed E-state index contributed by atoms with van der Waals surface area (Å²) in [5.74, 6) is -0.658. The van der Waals surface area contributed by atoms with Crippen LogP contribution in [0.3, 0.4) is 0 Å². The minimum absolute atomic E-state index is 0.138. The van der Waals surface area contributed by atoms with Gasteiger partial charge in [-0.2, -0.15) is 0 Å². The van der Waals surface area contributed by atoms with Crippen LogP contribution in [0, 0.1) is 5.82 Å². The Morgan fingerprint density at radius 1 is 1.62 bits per heavy atom. The Balaban J connectivity index is 2.88. The van der Waals surface area contributed by atoms with Crippen LogP contribution in [0.15, 0.2) is 18.2 Å². The average molecular weight is 309 g/mol. The molecule has 0 saturated heterocycles. The number of amides is 1. The first-order valence-corrected chi connectivity index (χ1v) is 6.05. The molecule has 1 aromatic rings. The first-order chi connectivity index (χ1) is 7.41. The van der Waals surface area contributed by atoms with Crippen molar-refractivity contribution in [1.29, 1.82) is 0 Å². The number of alkyl halides is 1. The quantitative estimate of drug-likeness (QED) is 0.784. The lowest BCUT2D eigenvalue weighted by atomic mass is 10.2. The normalized spacial score (nSPS) is 12.3. The maximum Gasteiger partial charge on any atom is 0.255 e. The Kier molecular flexibility index (Phi) is 4.74. The summed E-state index contributed by atoms with van der Waals surface area (Å²) in [7, 11) is 1.68. The van der Waals surface area contributed by atoms with Crippen molar-refractivity contribution in [2.24, 2.45) is 0 Å². The molecule has 0 aliphatic heterocycles. The second kappa shape index (κ2) is 5.64. The zero-order chi connectivity index (χ0) is 12.3. The second-order valence-electron chi connectivity index (χ2n) is 3.59. The van der Waals surface area contributed by atoms with Crippen molar-refractivity contribution in [1.82, 2.24) is 4.90 Å². The largest absolute Gasteiger partial charge is 0.341 e. The Bertz CT molecular complexity index is 398. The average Bonchev–Trinajstić information content (AvgIpc) is 2.15. The Morgan fingerprint density at radius 2 is 2.25 bits per heavy atom. The zero-order valence-corrected chi connectivity index (χ0v) is 11.3. The maximum atomic E-state index is 12.8. The molecule has 0 N–H and O–H groups in total. The predicted molar refractivity (Wildman–Crippen MR) is 66.8 cm³/mol. The molecule has 0 radical (unpaired) electrons. The molecule has 0 aliphatic rings. The number of hydrogen-bond donors (Lipinski definition) is 0. The minimum Gasteiger partial charge on any atom is -0.341 e. The number of rotatable bonds is 3. The molecule has 1 unspecified atom stereocenters. The first-order valence-electron chi connectivity index (χ1n) is 4.76. The second-order valence-corrected chi connectivity index (χ2v) is 5.56. The fraction of sp³-hybridized carbons (Fsp3) is 0.364. The van der Waals surface area contributed by atoms with Gasteiger partial charge in [0.05, 0.1) is 10.6 Å². The third-order valence-corrected chi connectivity index (χ3v) is 2.64. The number of carbonyl (C=O) groups excluding carboxylic acids is 1. The number of carbonyl (C=O) groups is 1. The third kappa shape index (κ3) is 3.46. The standard InChI is InChI=1S/C11H12BrClFNO/c1-7(12)6-15(2)11(16)9-4-3-8(14)5-10(9)13/h3-5,7H,6H2,1-2H3. The highest BCUT2D eigenvalue weighted by Gasteiger charge is 2.16. The molecule has 1 rings (SSSR count). The molecule has 16 heavy (non-hydrogen) atoms. The van der Waals surface area contributed by atoms with E-state index in [0.717, 1.165) is 6.07 Å². The molecule has 1 aromatic carbocycles. The smallest absolute Gasteiger partial charge is 0.255 e. The van der Waals surface area contributed by atoms with Gasteiger partial charge in [-0.05, 0) is 18.2 Å². The van der Waals surface area contributed by atoms with Crippen LogP contribution in [0.2, 0.25) is 5.02 Å². The van der Waals surface area contributed by atoms with Gasteiger partial charge >= 0.3 is 0 Å². The summed E-state index contributed by atoms with van der Waals surface area (Å²) < 4.78 is 12.8. The van der Waals surface area contributed by atoms with Gasteiger partial charge in [0.2, 0.25) is 0 Å². The summed E-state index contributed by atoms with van der Waals surface area (Å²) in [5, 5.41) is 0.138. The summed E-state index contributed by atoms with van der Waals surface area (Å²) in [5.41, 5.74) is 0.318. The van der Waals surface area contributed by atoms with Gasteiger partial charge in [-0.15, -0.1) is 0 Å². The van der Waals surface area contributed by atoms with E-state index in [0.29, 0.717) is 12.1 Å². The molecular weight excluding hydrogens is 296 g/mol. The van der Waals surface area contributed by atoms with Crippen molar-refractivity contribution in [2.45, 2.75) is 11.8 Å². The molecule has 0 aliphatic carbocycles. The van der Waals surface area contributed by atoms with Gasteiger partial charge in [-0.3, -0.25) is 4.79 Å². The molecule has 0 spiro atoms. The number of halogens is 3. The van der Waals surface area contributed by atoms with Crippen molar-refractivity contribution < 1.29 is 9.18 Å². The van der Waals surface area contributed by atoms with Gasteiger partial charge in [0, 0.05) is 18.4 Å². The highest BCUT2D eigenvalue weighted by molar-refractivity contribution is 9.09. The number of hydrogen-bond acceptors (Lipinski definition) is 1. The van der Waals surface area contributed by atoms with E-state index in [-0.39, 0.29) is 15.8 Å². The minimum atomic E-state index is -0.446. The van der Waals surface area contributed by atoms with Crippen molar-refractivity contribution in [3.63, 3.8) is 0 Å². The van der Waals surface area contributed by atoms with Gasteiger partial charge in [0.1, 0.15) is 5.82 Å². The molecule has 0 saturated carbocycles. The molecule has 88 valence electrons. The van der Waals surface area contributed by atoms with Crippen molar-refractivity contribution in [2.75, 3.05) is 13.6 Å². The van der Waals surface area contributed by atoms with E-state index in [9.17, 15) is 9.18 Å². The van der Waals surface area contributed by atoms with E-state index < -0.39 is 5.82 Å². The van der Waals surface area contributed by atoms with Crippen LogP contribution in [0.4, 0.5) is 4.39 Å². The van der Waals surface area contributed by atoms with Crippen LogP contribution >= 0.6 is 27.5 Å². The van der Waals surface area contributed by atoms with Gasteiger partial charge in [0.15, 0.2) is 0 Å². The predicted octanol–water partition coefficient (Wildman–Crippen LogP) is 3.33. The summed E-state index contributed by atoms with van der Waals surface area (Å²) in [6.07, 6.45) is 0. The van der Waals surface area contributed by atoms with E-state index in [2.05, 4.69) is 15.9 Å². The lowest BCUT2D eigenvalue weighted by Crippen LogP contribution is -2.31. The topological polar surface area (TPSA) is 20.3 Å². The van der Waals surface area contributed by atoms with E-state index >= 15 is 0 Å². The summed E-state index contributed by atoms with van der Waals surface area (Å²) >= 11 is 9.16. The first kappa shape index (κ1) is 13.5. The Morgan fingerprint density at radius 3 is 2.75 bits per heavy atom. The highest BCUT2D eigenvalue weighted by Crippen LogP contribution is 2.19. The van der Waals surface area contributed by atoms with Crippen molar-refractivity contribution in [3.05, 3.63) is 34.6 Å².